The number of allylic oxidation sites excluding steroid dienone is 4. The summed E-state index contributed by atoms with van der Waals surface area (Å²) < 4.78 is 0. The number of carbonyl (C=O) groups is 1. The monoisotopic (exact) mass is 325 g/mol. The number of rotatable bonds is 4. The van der Waals surface area contributed by atoms with Gasteiger partial charge in [-0.05, 0) is 51.9 Å². The third-order valence-electron chi connectivity index (χ3n) is 4.39. The highest BCUT2D eigenvalue weighted by molar-refractivity contribution is 5.62. The molecule has 1 aliphatic rings. The van der Waals surface area contributed by atoms with E-state index in [1.54, 1.807) is 0 Å². The van der Waals surface area contributed by atoms with Crippen LogP contribution in [0.25, 0.3) is 0 Å². The van der Waals surface area contributed by atoms with Crippen molar-refractivity contribution in [3.05, 3.63) is 23.5 Å². The molecule has 1 aliphatic heterocycles. The van der Waals surface area contributed by atoms with Crippen LogP contribution in [-0.4, -0.2) is 42.0 Å². The Labute approximate surface area is 141 Å². The molecule has 1 saturated heterocycles. The Balaban J connectivity index is 0.00000232. The van der Waals surface area contributed by atoms with Crippen LogP contribution in [0.3, 0.4) is 0 Å². The molecule has 0 radical (unpaired) electrons. The first-order valence-corrected chi connectivity index (χ1v) is 8.17. The van der Waals surface area contributed by atoms with Crippen LogP contribution in [0.2, 0.25) is 0 Å². The van der Waals surface area contributed by atoms with Crippen LogP contribution in [0.15, 0.2) is 23.5 Å². The zero-order valence-corrected chi connectivity index (χ0v) is 15.6. The number of likely N-dealkylation sites (tertiary alicyclic amines) is 1. The van der Waals surface area contributed by atoms with Crippen molar-refractivity contribution in [1.82, 2.24) is 4.90 Å². The second-order valence-corrected chi connectivity index (χ2v) is 7.57. The number of hydrogen-bond acceptors (Lipinski definition) is 5. The summed E-state index contributed by atoms with van der Waals surface area (Å²) in [6.07, 6.45) is 6.88. The quantitative estimate of drug-likeness (QED) is 0.543. The molecule has 0 amide bonds. The van der Waals surface area contributed by atoms with Gasteiger partial charge >= 0.3 is 0 Å². The van der Waals surface area contributed by atoms with Crippen LogP contribution >= 0.6 is 0 Å². The molecular formula is C18H35N3O2. The Bertz CT molecular complexity index is 426. The highest BCUT2D eigenvalue weighted by Gasteiger charge is 2.30. The number of carbonyl (C=O) groups excluding carboxylic acids is 1. The highest BCUT2D eigenvalue weighted by Crippen LogP contribution is 2.26. The molecule has 0 atom stereocenters. The lowest BCUT2D eigenvalue weighted by atomic mass is 9.89. The van der Waals surface area contributed by atoms with Crippen LogP contribution in [0.1, 0.15) is 47.5 Å². The first-order chi connectivity index (χ1) is 10.6. The van der Waals surface area contributed by atoms with Gasteiger partial charge in [0.2, 0.25) is 0 Å². The van der Waals surface area contributed by atoms with Gasteiger partial charge in [0.15, 0.2) is 0 Å². The standard InChI is InChI=1S/C17H31N3O.CH4O/c1-16(2,3)15(19)7-6-14(18)13-8-10-20(11-9-13)17(4,5)12-21;1-2/h6-7,12-13H,8-11,18-19H2,1-5H3;2H,1H3/b14-6-,15-7-;. The normalized spacial score (nSPS) is 19.1. The van der Waals surface area contributed by atoms with Gasteiger partial charge in [0.05, 0.1) is 5.54 Å². The maximum atomic E-state index is 11.1. The second kappa shape index (κ2) is 9.08. The molecule has 0 aliphatic carbocycles. The summed E-state index contributed by atoms with van der Waals surface area (Å²) >= 11 is 0. The number of aldehydes is 1. The highest BCUT2D eigenvalue weighted by atomic mass is 16.2. The Morgan fingerprint density at radius 3 is 1.91 bits per heavy atom. The van der Waals surface area contributed by atoms with E-state index in [1.807, 2.05) is 26.0 Å². The molecule has 5 nitrogen and oxygen atoms in total. The zero-order chi connectivity index (χ0) is 18.3. The van der Waals surface area contributed by atoms with Gasteiger partial charge in [0.25, 0.3) is 0 Å². The molecular weight excluding hydrogens is 290 g/mol. The maximum Gasteiger partial charge on any atom is 0.139 e. The first-order valence-electron chi connectivity index (χ1n) is 8.17. The van der Waals surface area contributed by atoms with Gasteiger partial charge in [-0.25, -0.2) is 0 Å². The number of nitrogens with two attached hydrogens (primary N) is 2. The molecule has 5 heteroatoms. The summed E-state index contributed by atoms with van der Waals surface area (Å²) in [4.78, 5) is 13.3. The van der Waals surface area contributed by atoms with Crippen molar-refractivity contribution < 1.29 is 9.90 Å². The van der Waals surface area contributed by atoms with Crippen molar-refractivity contribution in [2.24, 2.45) is 22.8 Å². The van der Waals surface area contributed by atoms with Crippen molar-refractivity contribution >= 4 is 6.29 Å². The van der Waals surface area contributed by atoms with E-state index in [0.717, 1.165) is 50.7 Å². The molecule has 1 fully saturated rings. The fraction of sp³-hybridized carbons (Fsp3) is 0.722. The van der Waals surface area contributed by atoms with Gasteiger partial charge in [0.1, 0.15) is 6.29 Å². The fourth-order valence-electron chi connectivity index (χ4n) is 2.44. The minimum Gasteiger partial charge on any atom is -0.402 e. The summed E-state index contributed by atoms with van der Waals surface area (Å²) in [5, 5.41) is 7.00. The average Bonchev–Trinajstić information content (AvgIpc) is 2.53. The van der Waals surface area contributed by atoms with Crippen LogP contribution in [0, 0.1) is 11.3 Å². The largest absolute Gasteiger partial charge is 0.402 e. The number of aliphatic hydroxyl groups is 1. The van der Waals surface area contributed by atoms with Crippen molar-refractivity contribution in [2.45, 2.75) is 53.0 Å². The Morgan fingerprint density at radius 2 is 1.52 bits per heavy atom. The molecule has 0 bridgehead atoms. The summed E-state index contributed by atoms with van der Waals surface area (Å²) in [6, 6.07) is 0. The first kappa shape index (κ1) is 21.7. The number of nitrogens with zero attached hydrogens (tertiary/aromatic N) is 1. The SMILES string of the molecule is CC(C)(C)/C(N)=C/C=C(\N)C1CCN(C(C)(C)C=O)CC1.CO. The lowest BCUT2D eigenvalue weighted by Crippen LogP contribution is -2.49. The van der Waals surface area contributed by atoms with Gasteiger partial charge in [0, 0.05) is 29.8 Å². The number of aliphatic hydroxyl groups excluding tert-OH is 1. The topological polar surface area (TPSA) is 92.6 Å². The van der Waals surface area contributed by atoms with Gasteiger partial charge in [-0.3, -0.25) is 4.90 Å². The van der Waals surface area contributed by atoms with E-state index in [9.17, 15) is 4.79 Å². The lowest BCUT2D eigenvalue weighted by molar-refractivity contribution is -0.117. The minimum atomic E-state index is -0.375. The Morgan fingerprint density at radius 1 is 1.04 bits per heavy atom. The van der Waals surface area contributed by atoms with Gasteiger partial charge < -0.3 is 21.4 Å². The molecule has 0 aromatic rings. The van der Waals surface area contributed by atoms with Crippen molar-refractivity contribution in [3.8, 4) is 0 Å². The maximum absolute atomic E-state index is 11.1. The third kappa shape index (κ3) is 6.75. The molecule has 23 heavy (non-hydrogen) atoms. The average molecular weight is 325 g/mol. The van der Waals surface area contributed by atoms with E-state index in [4.69, 9.17) is 16.6 Å². The van der Waals surface area contributed by atoms with Crippen LogP contribution in [0.5, 0.6) is 0 Å². The summed E-state index contributed by atoms with van der Waals surface area (Å²) in [5.41, 5.74) is 13.6. The van der Waals surface area contributed by atoms with Gasteiger partial charge in [-0.2, -0.15) is 0 Å². The second-order valence-electron chi connectivity index (χ2n) is 7.57. The molecule has 0 aromatic heterocycles. The van der Waals surface area contributed by atoms with E-state index in [1.165, 1.54) is 0 Å². The fourth-order valence-corrected chi connectivity index (χ4v) is 2.44. The van der Waals surface area contributed by atoms with Crippen LogP contribution < -0.4 is 11.5 Å². The van der Waals surface area contributed by atoms with Crippen LogP contribution in [-0.2, 0) is 4.79 Å². The molecule has 0 saturated carbocycles. The van der Waals surface area contributed by atoms with E-state index in [-0.39, 0.29) is 11.0 Å². The predicted molar refractivity (Wildman–Crippen MR) is 96.6 cm³/mol. The van der Waals surface area contributed by atoms with E-state index in [2.05, 4.69) is 25.7 Å². The van der Waals surface area contributed by atoms with E-state index in [0.29, 0.717) is 5.92 Å². The van der Waals surface area contributed by atoms with Crippen molar-refractivity contribution in [3.63, 3.8) is 0 Å². The van der Waals surface area contributed by atoms with Crippen molar-refractivity contribution in [1.29, 1.82) is 0 Å². The van der Waals surface area contributed by atoms with E-state index >= 15 is 0 Å². The summed E-state index contributed by atoms with van der Waals surface area (Å²) in [6.45, 7) is 12.0. The van der Waals surface area contributed by atoms with Crippen LogP contribution in [0.4, 0.5) is 0 Å². The molecule has 0 aromatic carbocycles. The number of piperidine rings is 1. The molecule has 0 spiro atoms. The molecule has 1 rings (SSSR count). The molecule has 0 unspecified atom stereocenters. The molecule has 1 heterocycles. The third-order valence-corrected chi connectivity index (χ3v) is 4.39. The zero-order valence-electron chi connectivity index (χ0n) is 15.6. The summed E-state index contributed by atoms with van der Waals surface area (Å²) in [7, 11) is 1.00. The Kier molecular flexibility index (Phi) is 8.56. The summed E-state index contributed by atoms with van der Waals surface area (Å²) in [5.74, 6) is 0.382. The number of hydrogen-bond donors (Lipinski definition) is 3. The predicted octanol–water partition coefficient (Wildman–Crippen LogP) is 2.02. The molecule has 5 N–H and O–H groups in total. The molecule has 134 valence electrons. The van der Waals surface area contributed by atoms with Gasteiger partial charge in [-0.1, -0.05) is 20.8 Å². The van der Waals surface area contributed by atoms with E-state index < -0.39 is 0 Å². The smallest absolute Gasteiger partial charge is 0.139 e. The Hall–Kier alpha value is -1.33. The minimum absolute atomic E-state index is 0.0336. The van der Waals surface area contributed by atoms with Gasteiger partial charge in [-0.15, -0.1) is 0 Å². The van der Waals surface area contributed by atoms with Crippen molar-refractivity contribution in [2.75, 3.05) is 20.2 Å². The lowest BCUT2D eigenvalue weighted by Gasteiger charge is -2.39.